The van der Waals surface area contributed by atoms with Gasteiger partial charge in [-0.15, -0.1) is 0 Å². The Balaban J connectivity index is 1.72. The number of aldehydes is 1. The molecule has 0 aliphatic carbocycles. The SMILES string of the molecule is O=CC1OC(c2cc(Br)nn2-c2ncccc2Cl)=Nc2c(-c3ccccc3)cccc21. The maximum atomic E-state index is 11.9. The van der Waals surface area contributed by atoms with Gasteiger partial charge in [0.05, 0.1) is 10.7 Å². The summed E-state index contributed by atoms with van der Waals surface area (Å²) in [6.07, 6.45) is 1.60. The van der Waals surface area contributed by atoms with Crippen molar-refractivity contribution < 1.29 is 9.53 Å². The van der Waals surface area contributed by atoms with E-state index in [2.05, 4.69) is 26.0 Å². The number of fused-ring (bicyclic) bond motifs is 1. The molecule has 0 saturated heterocycles. The van der Waals surface area contributed by atoms with Crippen molar-refractivity contribution in [2.24, 2.45) is 4.99 Å². The van der Waals surface area contributed by atoms with Crippen LogP contribution in [0.25, 0.3) is 16.9 Å². The fraction of sp³-hybridized carbons (Fsp3) is 0.0435. The second-order valence-electron chi connectivity index (χ2n) is 6.77. The smallest absolute Gasteiger partial charge is 0.241 e. The summed E-state index contributed by atoms with van der Waals surface area (Å²) in [4.78, 5) is 21.1. The van der Waals surface area contributed by atoms with Crippen molar-refractivity contribution in [3.05, 3.63) is 93.8 Å². The lowest BCUT2D eigenvalue weighted by molar-refractivity contribution is -0.114. The molecule has 0 spiro atoms. The van der Waals surface area contributed by atoms with Gasteiger partial charge in [-0.2, -0.15) is 5.10 Å². The van der Waals surface area contributed by atoms with E-state index in [1.165, 1.54) is 0 Å². The largest absolute Gasteiger partial charge is 0.460 e. The average molecular weight is 494 g/mol. The van der Waals surface area contributed by atoms with Crippen LogP contribution in [0, 0.1) is 0 Å². The van der Waals surface area contributed by atoms with Crippen molar-refractivity contribution in [2.75, 3.05) is 0 Å². The molecule has 1 unspecified atom stereocenters. The van der Waals surface area contributed by atoms with E-state index in [0.717, 1.165) is 17.4 Å². The fourth-order valence-electron chi connectivity index (χ4n) is 3.50. The van der Waals surface area contributed by atoms with Crippen molar-refractivity contribution in [1.29, 1.82) is 0 Å². The van der Waals surface area contributed by atoms with Crippen LogP contribution in [0.1, 0.15) is 17.4 Å². The highest BCUT2D eigenvalue weighted by atomic mass is 79.9. The highest BCUT2D eigenvalue weighted by Gasteiger charge is 2.29. The number of hydrogen-bond acceptors (Lipinski definition) is 5. The predicted molar refractivity (Wildman–Crippen MR) is 122 cm³/mol. The summed E-state index contributed by atoms with van der Waals surface area (Å²) in [5.41, 5.74) is 3.82. The van der Waals surface area contributed by atoms with E-state index in [-0.39, 0.29) is 5.90 Å². The summed E-state index contributed by atoms with van der Waals surface area (Å²) in [6.45, 7) is 0. The van der Waals surface area contributed by atoms with Gasteiger partial charge in [-0.1, -0.05) is 60.1 Å². The molecule has 152 valence electrons. The number of para-hydroxylation sites is 1. The normalized spacial score (nSPS) is 15.0. The van der Waals surface area contributed by atoms with Crippen LogP contribution in [0.2, 0.25) is 5.02 Å². The summed E-state index contributed by atoms with van der Waals surface area (Å²) in [5, 5.41) is 4.87. The Labute approximate surface area is 191 Å². The topological polar surface area (TPSA) is 69.4 Å². The number of halogens is 2. The molecule has 1 aliphatic heterocycles. The molecule has 1 atom stereocenters. The number of carbonyl (C=O) groups is 1. The molecule has 8 heteroatoms. The Morgan fingerprint density at radius 1 is 1.06 bits per heavy atom. The molecule has 0 amide bonds. The Kier molecular flexibility index (Phi) is 5.13. The number of rotatable bonds is 4. The van der Waals surface area contributed by atoms with Gasteiger partial charge in [-0.05, 0) is 33.6 Å². The number of benzene rings is 2. The summed E-state index contributed by atoms with van der Waals surface area (Å²) in [7, 11) is 0. The second-order valence-corrected chi connectivity index (χ2v) is 7.99. The lowest BCUT2D eigenvalue weighted by Crippen LogP contribution is -2.21. The zero-order valence-corrected chi connectivity index (χ0v) is 18.3. The minimum atomic E-state index is -0.799. The lowest BCUT2D eigenvalue weighted by atomic mass is 9.97. The fourth-order valence-corrected chi connectivity index (χ4v) is 4.07. The monoisotopic (exact) mass is 492 g/mol. The molecule has 2 aromatic heterocycles. The molecule has 0 N–H and O–H groups in total. The van der Waals surface area contributed by atoms with Crippen LogP contribution in [0.5, 0.6) is 0 Å². The van der Waals surface area contributed by atoms with E-state index >= 15 is 0 Å². The van der Waals surface area contributed by atoms with Gasteiger partial charge in [0.1, 0.15) is 10.3 Å². The molecule has 2 aromatic carbocycles. The summed E-state index contributed by atoms with van der Waals surface area (Å²) >= 11 is 9.75. The van der Waals surface area contributed by atoms with Crippen molar-refractivity contribution in [2.45, 2.75) is 6.10 Å². The quantitative estimate of drug-likeness (QED) is 0.342. The molecular weight excluding hydrogens is 480 g/mol. The average Bonchev–Trinajstić information content (AvgIpc) is 3.20. The van der Waals surface area contributed by atoms with Gasteiger partial charge in [0, 0.05) is 23.4 Å². The molecular formula is C23H14BrClN4O2. The first-order chi connectivity index (χ1) is 15.2. The molecule has 5 rings (SSSR count). The van der Waals surface area contributed by atoms with Crippen molar-refractivity contribution in [1.82, 2.24) is 14.8 Å². The summed E-state index contributed by atoms with van der Waals surface area (Å²) < 4.78 is 8.08. The van der Waals surface area contributed by atoms with E-state index in [9.17, 15) is 4.79 Å². The van der Waals surface area contributed by atoms with E-state index in [4.69, 9.17) is 21.3 Å². The van der Waals surface area contributed by atoms with Crippen molar-refractivity contribution in [3.63, 3.8) is 0 Å². The van der Waals surface area contributed by atoms with Gasteiger partial charge < -0.3 is 4.74 Å². The van der Waals surface area contributed by atoms with Gasteiger partial charge in [-0.25, -0.2) is 14.7 Å². The van der Waals surface area contributed by atoms with Gasteiger partial charge in [0.2, 0.25) is 5.90 Å². The number of carbonyl (C=O) groups excluding carboxylic acids is 1. The maximum absolute atomic E-state index is 11.9. The van der Waals surface area contributed by atoms with Gasteiger partial charge in [0.25, 0.3) is 0 Å². The molecule has 31 heavy (non-hydrogen) atoms. The minimum absolute atomic E-state index is 0.257. The Morgan fingerprint density at radius 2 is 1.90 bits per heavy atom. The summed E-state index contributed by atoms with van der Waals surface area (Å²) in [5.74, 6) is 0.689. The molecule has 3 heterocycles. The first kappa shape index (κ1) is 19.7. The third-order valence-electron chi connectivity index (χ3n) is 4.87. The zero-order chi connectivity index (χ0) is 21.4. The van der Waals surface area contributed by atoms with Gasteiger partial charge >= 0.3 is 0 Å². The van der Waals surface area contributed by atoms with Gasteiger partial charge in [0.15, 0.2) is 18.2 Å². The van der Waals surface area contributed by atoms with Crippen molar-refractivity contribution >= 4 is 45.4 Å². The number of ether oxygens (including phenoxy) is 1. The number of aliphatic imine (C=N–C) groups is 1. The Hall–Kier alpha value is -3.29. The number of aromatic nitrogens is 3. The first-order valence-electron chi connectivity index (χ1n) is 9.41. The lowest BCUT2D eigenvalue weighted by Gasteiger charge is -2.24. The van der Waals surface area contributed by atoms with Crippen LogP contribution in [0.15, 0.2) is 82.5 Å². The van der Waals surface area contributed by atoms with Crippen LogP contribution >= 0.6 is 27.5 Å². The maximum Gasteiger partial charge on any atom is 0.241 e. The standard InChI is InChI=1S/C23H14BrClN4O2/c24-20-12-18(29(28-20)22-17(25)10-5-11-26-22)23-27-21-15(14-6-2-1-3-7-14)8-4-9-16(21)19(13-30)31-23/h1-13,19H. The third kappa shape index (κ3) is 3.56. The Bertz CT molecular complexity index is 1320. The van der Waals surface area contributed by atoms with E-state index in [1.807, 2.05) is 48.5 Å². The highest BCUT2D eigenvalue weighted by Crippen LogP contribution is 2.41. The molecule has 4 aromatic rings. The van der Waals surface area contributed by atoms with E-state index < -0.39 is 6.10 Å². The second kappa shape index (κ2) is 8.09. The van der Waals surface area contributed by atoms with E-state index in [0.29, 0.717) is 32.4 Å². The molecule has 1 aliphatic rings. The minimum Gasteiger partial charge on any atom is -0.460 e. The van der Waals surface area contributed by atoms with Crippen LogP contribution < -0.4 is 0 Å². The van der Waals surface area contributed by atoms with Crippen LogP contribution in [0.4, 0.5) is 5.69 Å². The first-order valence-corrected chi connectivity index (χ1v) is 10.6. The molecule has 0 fully saturated rings. The van der Waals surface area contributed by atoms with Crippen molar-refractivity contribution in [3.8, 4) is 16.9 Å². The van der Waals surface area contributed by atoms with E-state index in [1.54, 1.807) is 29.1 Å². The Morgan fingerprint density at radius 3 is 2.68 bits per heavy atom. The zero-order valence-electron chi connectivity index (χ0n) is 15.9. The number of nitrogens with zero attached hydrogens (tertiary/aromatic N) is 4. The summed E-state index contributed by atoms with van der Waals surface area (Å²) in [6, 6.07) is 20.8. The highest BCUT2D eigenvalue weighted by molar-refractivity contribution is 9.10. The molecule has 0 radical (unpaired) electrons. The van der Waals surface area contributed by atoms with Crippen LogP contribution in [0.3, 0.4) is 0 Å². The predicted octanol–water partition coefficient (Wildman–Crippen LogP) is 5.70. The third-order valence-corrected chi connectivity index (χ3v) is 5.55. The number of pyridine rings is 1. The molecule has 0 saturated carbocycles. The van der Waals surface area contributed by atoms with Gasteiger partial charge in [-0.3, -0.25) is 4.79 Å². The van der Waals surface area contributed by atoms with Crippen LogP contribution in [-0.2, 0) is 9.53 Å². The molecule has 6 nitrogen and oxygen atoms in total. The molecule has 0 bridgehead atoms. The number of hydrogen-bond donors (Lipinski definition) is 0. The van der Waals surface area contributed by atoms with Crippen LogP contribution in [-0.4, -0.2) is 26.9 Å².